The second kappa shape index (κ2) is 18.9. The van der Waals surface area contributed by atoms with Crippen LogP contribution in [-0.2, 0) is 23.9 Å². The normalized spacial score (nSPS) is 16.8. The average Bonchev–Trinajstić information content (AvgIpc) is 3.78. The zero-order chi connectivity index (χ0) is 39.6. The molecule has 0 bridgehead atoms. The SMILES string of the molecule is O=C(COc1cccc2c1C(=O)N(C1CCC(=O)NC1=O)C2=O)NCCCCCCCCNC(=O)COc1c(-c2csc(N3CCOCC3)n2)ccc(F)c1F. The number of aromatic nitrogens is 1. The maximum Gasteiger partial charge on any atom is 0.266 e. The number of carbonyl (C=O) groups excluding carboxylic acids is 6. The lowest BCUT2D eigenvalue weighted by molar-refractivity contribution is -0.136. The minimum Gasteiger partial charge on any atom is -0.483 e. The van der Waals surface area contributed by atoms with E-state index in [0.29, 0.717) is 51.5 Å². The van der Waals surface area contributed by atoms with Crippen molar-refractivity contribution in [3.05, 3.63) is 58.5 Å². The summed E-state index contributed by atoms with van der Waals surface area (Å²) >= 11 is 1.38. The second-order valence-corrected chi connectivity index (χ2v) is 14.2. The van der Waals surface area contributed by atoms with E-state index in [1.807, 2.05) is 0 Å². The topological polar surface area (TPSA) is 186 Å². The lowest BCUT2D eigenvalue weighted by atomic mass is 10.0. The maximum absolute atomic E-state index is 14.8. The summed E-state index contributed by atoms with van der Waals surface area (Å²) in [5.74, 6) is -6.01. The number of piperidine rings is 1. The number of benzene rings is 2. The number of thiazole rings is 1. The maximum atomic E-state index is 14.8. The van der Waals surface area contributed by atoms with Gasteiger partial charge in [-0.15, -0.1) is 11.3 Å². The molecule has 2 saturated heterocycles. The van der Waals surface area contributed by atoms with Gasteiger partial charge in [0.1, 0.15) is 11.8 Å². The van der Waals surface area contributed by atoms with Crippen LogP contribution in [0.15, 0.2) is 35.7 Å². The predicted molar refractivity (Wildman–Crippen MR) is 198 cm³/mol. The Morgan fingerprint density at radius 1 is 0.875 bits per heavy atom. The molecular weight excluding hydrogens is 755 g/mol. The summed E-state index contributed by atoms with van der Waals surface area (Å²) in [4.78, 5) is 82.4. The van der Waals surface area contributed by atoms with Crippen LogP contribution in [0.5, 0.6) is 11.5 Å². The number of imide groups is 2. The minimum absolute atomic E-state index is 0.00372. The molecule has 1 unspecified atom stereocenters. The number of rotatable bonds is 18. The summed E-state index contributed by atoms with van der Waals surface area (Å²) in [6.07, 6.45) is 4.99. The summed E-state index contributed by atoms with van der Waals surface area (Å²) in [6, 6.07) is 5.73. The highest BCUT2D eigenvalue weighted by atomic mass is 32.1. The highest BCUT2D eigenvalue weighted by Gasteiger charge is 2.46. The number of hydrogen-bond acceptors (Lipinski definition) is 12. The molecule has 0 spiro atoms. The van der Waals surface area contributed by atoms with Crippen LogP contribution in [0.3, 0.4) is 0 Å². The van der Waals surface area contributed by atoms with Crippen molar-refractivity contribution in [3.8, 4) is 22.8 Å². The van der Waals surface area contributed by atoms with E-state index in [1.165, 1.54) is 35.6 Å². The number of unbranched alkanes of at least 4 members (excludes halogenated alkanes) is 5. The van der Waals surface area contributed by atoms with Gasteiger partial charge < -0.3 is 29.7 Å². The van der Waals surface area contributed by atoms with Crippen molar-refractivity contribution >= 4 is 51.9 Å². The molecule has 4 heterocycles. The number of amides is 6. The summed E-state index contributed by atoms with van der Waals surface area (Å²) in [5.41, 5.74) is 0.719. The van der Waals surface area contributed by atoms with Crippen LogP contribution >= 0.6 is 11.3 Å². The molecule has 1 atom stereocenters. The Bertz CT molecular complexity index is 1970. The van der Waals surface area contributed by atoms with E-state index in [-0.39, 0.29) is 47.6 Å². The van der Waals surface area contributed by atoms with Gasteiger partial charge in [0.2, 0.25) is 17.6 Å². The molecule has 3 aromatic rings. The number of halogens is 2. The van der Waals surface area contributed by atoms with Crippen molar-refractivity contribution in [2.45, 2.75) is 57.4 Å². The molecule has 0 saturated carbocycles. The summed E-state index contributed by atoms with van der Waals surface area (Å²) in [7, 11) is 0. The first-order chi connectivity index (χ1) is 27.1. The first-order valence-corrected chi connectivity index (χ1v) is 19.4. The highest BCUT2D eigenvalue weighted by Crippen LogP contribution is 2.37. The molecule has 0 aliphatic carbocycles. The Balaban J connectivity index is 0.832. The van der Waals surface area contributed by atoms with E-state index in [1.54, 1.807) is 5.38 Å². The average molecular weight is 797 g/mol. The van der Waals surface area contributed by atoms with Gasteiger partial charge in [-0.1, -0.05) is 31.7 Å². The van der Waals surface area contributed by atoms with Crippen LogP contribution in [0.4, 0.5) is 13.9 Å². The third kappa shape index (κ3) is 9.65. The van der Waals surface area contributed by atoms with E-state index in [9.17, 15) is 37.5 Å². The molecule has 0 radical (unpaired) electrons. The fourth-order valence-corrected chi connectivity index (χ4v) is 7.44. The van der Waals surface area contributed by atoms with Gasteiger partial charge in [-0.2, -0.15) is 4.39 Å². The van der Waals surface area contributed by atoms with Crippen LogP contribution in [0.1, 0.15) is 72.1 Å². The van der Waals surface area contributed by atoms with E-state index in [4.69, 9.17) is 14.2 Å². The number of hydrogen-bond donors (Lipinski definition) is 3. The van der Waals surface area contributed by atoms with Gasteiger partial charge in [0.05, 0.1) is 30.0 Å². The third-order valence-corrected chi connectivity index (χ3v) is 10.4. The van der Waals surface area contributed by atoms with E-state index in [2.05, 4.69) is 25.8 Å². The smallest absolute Gasteiger partial charge is 0.266 e. The molecule has 6 rings (SSSR count). The molecule has 3 aliphatic heterocycles. The first-order valence-electron chi connectivity index (χ1n) is 18.5. The minimum atomic E-state index is -1.18. The Morgan fingerprint density at radius 2 is 1.55 bits per heavy atom. The van der Waals surface area contributed by atoms with Crippen LogP contribution in [0, 0.1) is 11.6 Å². The number of fused-ring (bicyclic) bond motifs is 1. The fraction of sp³-hybridized carbons (Fsp3) is 0.447. The predicted octanol–water partition coefficient (Wildman–Crippen LogP) is 3.36. The lowest BCUT2D eigenvalue weighted by Gasteiger charge is -2.27. The molecule has 2 aromatic carbocycles. The molecule has 56 heavy (non-hydrogen) atoms. The molecule has 6 amide bonds. The van der Waals surface area contributed by atoms with Crippen LogP contribution in [0.25, 0.3) is 11.3 Å². The monoisotopic (exact) mass is 796 g/mol. The van der Waals surface area contributed by atoms with Gasteiger partial charge in [-0.25, -0.2) is 9.37 Å². The Kier molecular flexibility index (Phi) is 13.6. The number of morpholine rings is 1. The van der Waals surface area contributed by atoms with Gasteiger partial charge in [-0.3, -0.25) is 39.0 Å². The molecule has 3 aliphatic rings. The van der Waals surface area contributed by atoms with Gasteiger partial charge >= 0.3 is 0 Å². The summed E-state index contributed by atoms with van der Waals surface area (Å²) in [6.45, 7) is 2.47. The Morgan fingerprint density at radius 3 is 2.25 bits per heavy atom. The number of nitrogens with one attached hydrogen (secondary N) is 3. The zero-order valence-corrected chi connectivity index (χ0v) is 31.4. The highest BCUT2D eigenvalue weighted by molar-refractivity contribution is 7.14. The van der Waals surface area contributed by atoms with Crippen molar-refractivity contribution in [2.75, 3.05) is 57.5 Å². The number of ether oxygens (including phenoxy) is 3. The number of nitrogens with zero attached hydrogens (tertiary/aromatic N) is 3. The Hall–Kier alpha value is -5.49. The standard InChI is InChI=1S/C38H42F2N6O9S/c39-25-11-10-23(26-22-56-38(43-26)45-16-18-53-19-17-45)34(33(25)40)55-21-31(49)42-15-6-4-2-1-3-5-14-41-30(48)20-54-28-9-7-8-24-32(28)37(52)46(36(24)51)27-12-13-29(47)44-35(27)50/h7-11,22,27H,1-6,12-21H2,(H,41,48)(H,42,49)(H,44,47,50). The van der Waals surface area contributed by atoms with E-state index in [0.717, 1.165) is 48.2 Å². The summed E-state index contributed by atoms with van der Waals surface area (Å²) < 4.78 is 45.4. The molecule has 15 nitrogen and oxygen atoms in total. The van der Waals surface area contributed by atoms with Crippen LogP contribution < -0.4 is 30.3 Å². The van der Waals surface area contributed by atoms with Gasteiger partial charge in [-0.05, 0) is 43.5 Å². The quantitative estimate of drug-likeness (QED) is 0.127. The van der Waals surface area contributed by atoms with Crippen molar-refractivity contribution in [1.29, 1.82) is 0 Å². The van der Waals surface area contributed by atoms with Crippen molar-refractivity contribution < 1.29 is 51.8 Å². The molecule has 18 heteroatoms. The first kappa shape index (κ1) is 40.2. The van der Waals surface area contributed by atoms with E-state index < -0.39 is 59.7 Å². The fourth-order valence-electron chi connectivity index (χ4n) is 6.56. The molecule has 2 fully saturated rings. The molecule has 3 N–H and O–H groups in total. The van der Waals surface area contributed by atoms with Gasteiger partial charge in [0, 0.05) is 43.5 Å². The third-order valence-electron chi connectivity index (χ3n) is 9.48. The van der Waals surface area contributed by atoms with Crippen LogP contribution in [-0.4, -0.2) is 104 Å². The molecule has 298 valence electrons. The zero-order valence-electron chi connectivity index (χ0n) is 30.5. The Labute approximate surface area is 325 Å². The van der Waals surface area contributed by atoms with Crippen LogP contribution in [0.2, 0.25) is 0 Å². The summed E-state index contributed by atoms with van der Waals surface area (Å²) in [5, 5.41) is 10.1. The van der Waals surface area contributed by atoms with Crippen molar-refractivity contribution in [1.82, 2.24) is 25.8 Å². The van der Waals surface area contributed by atoms with E-state index >= 15 is 0 Å². The molecule has 1 aromatic heterocycles. The number of anilines is 1. The number of carbonyl (C=O) groups is 6. The lowest BCUT2D eigenvalue weighted by Crippen LogP contribution is -2.54. The molecular formula is C38H42F2N6O9S. The second-order valence-electron chi connectivity index (χ2n) is 13.4. The largest absolute Gasteiger partial charge is 0.483 e. The van der Waals surface area contributed by atoms with Gasteiger partial charge in [0.15, 0.2) is 29.9 Å². The van der Waals surface area contributed by atoms with Gasteiger partial charge in [0.25, 0.3) is 23.6 Å². The van der Waals surface area contributed by atoms with Crippen molar-refractivity contribution in [2.24, 2.45) is 0 Å². The van der Waals surface area contributed by atoms with Crippen molar-refractivity contribution in [3.63, 3.8) is 0 Å².